The summed E-state index contributed by atoms with van der Waals surface area (Å²) in [5, 5.41) is 1.59. The number of nitrogens with two attached hydrogens (primary N) is 1. The summed E-state index contributed by atoms with van der Waals surface area (Å²) < 4.78 is 0. The second-order valence-corrected chi connectivity index (χ2v) is 9.91. The lowest BCUT2D eigenvalue weighted by molar-refractivity contribution is -0.182. The van der Waals surface area contributed by atoms with Gasteiger partial charge in [-0.25, -0.2) is 0 Å². The first-order chi connectivity index (χ1) is 13.3. The molecule has 0 spiro atoms. The Morgan fingerprint density at radius 1 is 1.03 bits per heavy atom. The van der Waals surface area contributed by atoms with E-state index in [4.69, 9.17) is 10.6 Å². The van der Waals surface area contributed by atoms with Gasteiger partial charge >= 0.3 is 0 Å². The van der Waals surface area contributed by atoms with E-state index in [0.29, 0.717) is 0 Å². The van der Waals surface area contributed by atoms with Crippen LogP contribution in [0.2, 0.25) is 0 Å². The smallest absolute Gasteiger partial charge is 0.261 e. The zero-order valence-corrected chi connectivity index (χ0v) is 18.1. The highest BCUT2D eigenvalue weighted by molar-refractivity contribution is 6.08. The molecule has 2 saturated heterocycles. The molecule has 158 valence electrons. The Bertz CT molecular complexity index is 820. The number of hydrogen-bond acceptors (Lipinski definition) is 5. The van der Waals surface area contributed by atoms with Crippen molar-refractivity contribution in [2.45, 2.75) is 71.1 Å². The van der Waals surface area contributed by atoms with Gasteiger partial charge in [0.1, 0.15) is 0 Å². The molecular weight excluding hydrogens is 370 g/mol. The van der Waals surface area contributed by atoms with E-state index >= 15 is 0 Å². The van der Waals surface area contributed by atoms with Gasteiger partial charge in [0, 0.05) is 18.5 Å². The number of hydrogen-bond donors (Lipinski definition) is 1. The lowest BCUT2D eigenvalue weighted by atomic mass is 9.84. The summed E-state index contributed by atoms with van der Waals surface area (Å²) in [6.45, 7) is 12.1. The van der Waals surface area contributed by atoms with Gasteiger partial charge in [0.15, 0.2) is 6.10 Å². The maximum atomic E-state index is 13.2. The van der Waals surface area contributed by atoms with E-state index in [9.17, 15) is 14.4 Å². The Kier molecular flexibility index (Phi) is 5.34. The molecule has 2 fully saturated rings. The van der Waals surface area contributed by atoms with Crippen molar-refractivity contribution in [3.8, 4) is 0 Å². The Balaban J connectivity index is 1.98. The van der Waals surface area contributed by atoms with Crippen molar-refractivity contribution in [2.75, 3.05) is 6.54 Å². The molecule has 0 radical (unpaired) electrons. The Hall–Kier alpha value is -2.25. The molecule has 3 amide bonds. The molecule has 2 aliphatic heterocycles. The Labute approximate surface area is 172 Å². The van der Waals surface area contributed by atoms with Crippen molar-refractivity contribution < 1.29 is 19.2 Å². The monoisotopic (exact) mass is 401 g/mol. The number of benzene rings is 1. The zero-order valence-electron chi connectivity index (χ0n) is 18.1. The number of fused-ring (bicyclic) bond motifs is 1. The number of hydroxylamine groups is 2. The van der Waals surface area contributed by atoms with Crippen LogP contribution in [0, 0.1) is 5.92 Å². The Morgan fingerprint density at radius 3 is 2.10 bits per heavy atom. The van der Waals surface area contributed by atoms with Gasteiger partial charge in [-0.2, -0.15) is 5.06 Å². The van der Waals surface area contributed by atoms with Crippen molar-refractivity contribution in [3.05, 3.63) is 35.4 Å². The molecule has 1 aromatic rings. The van der Waals surface area contributed by atoms with Crippen LogP contribution < -0.4 is 5.73 Å². The van der Waals surface area contributed by atoms with Crippen molar-refractivity contribution in [2.24, 2.45) is 11.7 Å². The summed E-state index contributed by atoms with van der Waals surface area (Å²) in [6.07, 6.45) is -0.789. The van der Waals surface area contributed by atoms with Crippen LogP contribution in [-0.2, 0) is 24.6 Å². The highest BCUT2D eigenvalue weighted by atomic mass is 16.7. The first kappa shape index (κ1) is 21.5. The zero-order chi connectivity index (χ0) is 21.7. The predicted octanol–water partition coefficient (Wildman–Crippen LogP) is 2.30. The number of primary amides is 1. The summed E-state index contributed by atoms with van der Waals surface area (Å²) in [4.78, 5) is 44.7. The minimum Gasteiger partial charge on any atom is -0.370 e. The van der Waals surface area contributed by atoms with E-state index < -0.39 is 29.5 Å². The molecule has 7 nitrogen and oxygen atoms in total. The fourth-order valence-corrected chi connectivity index (χ4v) is 4.10. The SMILES string of the molecule is CC(C)(C)c1ccc(C2C3C(=O)N(C(C)(C)C)C(=O)C3ON2CCC(N)=O)cc1. The van der Waals surface area contributed by atoms with Gasteiger partial charge in [0.2, 0.25) is 11.8 Å². The molecule has 29 heavy (non-hydrogen) atoms. The second kappa shape index (κ2) is 7.22. The first-order valence-electron chi connectivity index (χ1n) is 10.0. The van der Waals surface area contributed by atoms with Gasteiger partial charge in [-0.05, 0) is 37.3 Å². The number of amides is 3. The van der Waals surface area contributed by atoms with E-state index in [1.165, 1.54) is 10.5 Å². The van der Waals surface area contributed by atoms with Gasteiger partial charge in [0.25, 0.3) is 5.91 Å². The Morgan fingerprint density at radius 2 is 1.62 bits per heavy atom. The molecule has 7 heteroatoms. The number of likely N-dealkylation sites (tertiary alicyclic amines) is 1. The number of carbonyl (C=O) groups is 3. The number of rotatable bonds is 4. The predicted molar refractivity (Wildman–Crippen MR) is 108 cm³/mol. The van der Waals surface area contributed by atoms with Gasteiger partial charge in [-0.1, -0.05) is 45.0 Å². The standard InChI is InChI=1S/C22H31N3O4/c1-21(2,3)14-9-7-13(8-10-14)17-16-18(29-24(17)12-11-15(23)26)20(28)25(19(16)27)22(4,5)6/h7-10,16-18H,11-12H2,1-6H3,(H2,23,26). The van der Waals surface area contributed by atoms with Crippen molar-refractivity contribution in [1.29, 1.82) is 0 Å². The highest BCUT2D eigenvalue weighted by Crippen LogP contribution is 2.46. The van der Waals surface area contributed by atoms with E-state index in [1.54, 1.807) is 5.06 Å². The van der Waals surface area contributed by atoms with E-state index in [0.717, 1.165) is 5.56 Å². The summed E-state index contributed by atoms with van der Waals surface area (Å²) in [5.74, 6) is -1.67. The average Bonchev–Trinajstić information content (AvgIpc) is 3.08. The van der Waals surface area contributed by atoms with Crippen LogP contribution >= 0.6 is 0 Å². The molecule has 2 aliphatic rings. The fraction of sp³-hybridized carbons (Fsp3) is 0.591. The third kappa shape index (κ3) is 3.94. The lowest BCUT2D eigenvalue weighted by Crippen LogP contribution is -2.48. The molecule has 3 rings (SSSR count). The van der Waals surface area contributed by atoms with Gasteiger partial charge in [-0.3, -0.25) is 24.1 Å². The molecule has 0 saturated carbocycles. The highest BCUT2D eigenvalue weighted by Gasteiger charge is 2.61. The summed E-state index contributed by atoms with van der Waals surface area (Å²) in [6, 6.07) is 7.59. The number of imide groups is 1. The summed E-state index contributed by atoms with van der Waals surface area (Å²) in [7, 11) is 0. The molecule has 1 aromatic carbocycles. The van der Waals surface area contributed by atoms with Gasteiger partial charge < -0.3 is 5.73 Å². The molecule has 2 heterocycles. The van der Waals surface area contributed by atoms with Crippen molar-refractivity contribution >= 4 is 17.7 Å². The molecule has 0 aromatic heterocycles. The second-order valence-electron chi connectivity index (χ2n) is 9.91. The largest absolute Gasteiger partial charge is 0.370 e. The van der Waals surface area contributed by atoms with Crippen LogP contribution in [0.1, 0.15) is 65.1 Å². The van der Waals surface area contributed by atoms with Crippen LogP contribution in [0.15, 0.2) is 24.3 Å². The van der Waals surface area contributed by atoms with Gasteiger partial charge in [-0.15, -0.1) is 0 Å². The van der Waals surface area contributed by atoms with Crippen molar-refractivity contribution in [3.63, 3.8) is 0 Å². The minimum atomic E-state index is -0.873. The average molecular weight is 402 g/mol. The quantitative estimate of drug-likeness (QED) is 0.782. The molecule has 2 N–H and O–H groups in total. The van der Waals surface area contributed by atoms with Crippen LogP contribution in [0.25, 0.3) is 0 Å². The fourth-order valence-electron chi connectivity index (χ4n) is 4.10. The maximum Gasteiger partial charge on any atom is 0.261 e. The third-order valence-corrected chi connectivity index (χ3v) is 5.56. The van der Waals surface area contributed by atoms with Gasteiger partial charge in [0.05, 0.1) is 12.0 Å². The molecule has 3 atom stereocenters. The normalized spacial score (nSPS) is 25.6. The third-order valence-electron chi connectivity index (χ3n) is 5.56. The molecular formula is C22H31N3O4. The first-order valence-corrected chi connectivity index (χ1v) is 10.0. The maximum absolute atomic E-state index is 13.2. The van der Waals surface area contributed by atoms with Crippen LogP contribution in [0.5, 0.6) is 0 Å². The molecule has 0 bridgehead atoms. The summed E-state index contributed by atoms with van der Waals surface area (Å²) in [5.41, 5.74) is 6.74. The van der Waals surface area contributed by atoms with E-state index in [-0.39, 0.29) is 30.2 Å². The van der Waals surface area contributed by atoms with E-state index in [1.807, 2.05) is 45.0 Å². The summed E-state index contributed by atoms with van der Waals surface area (Å²) >= 11 is 0. The van der Waals surface area contributed by atoms with Crippen LogP contribution in [0.4, 0.5) is 0 Å². The van der Waals surface area contributed by atoms with Crippen molar-refractivity contribution in [1.82, 2.24) is 9.96 Å². The van der Waals surface area contributed by atoms with E-state index in [2.05, 4.69) is 20.8 Å². The lowest BCUT2D eigenvalue weighted by Gasteiger charge is -2.33. The molecule has 0 aliphatic carbocycles. The molecule has 3 unspecified atom stereocenters. The topological polar surface area (TPSA) is 92.9 Å². The van der Waals surface area contributed by atoms with Crippen LogP contribution in [0.3, 0.4) is 0 Å². The van der Waals surface area contributed by atoms with Crippen LogP contribution in [-0.4, -0.2) is 45.9 Å². The number of nitrogens with zero attached hydrogens (tertiary/aromatic N) is 2. The minimum absolute atomic E-state index is 0.00107. The number of carbonyl (C=O) groups excluding carboxylic acids is 3.